The fraction of sp³-hybridized carbons (Fsp3) is 0.333. The van der Waals surface area contributed by atoms with Crippen LogP contribution >= 0.6 is 0 Å². The quantitative estimate of drug-likeness (QED) is 0.842. The number of hydrogen-bond donors (Lipinski definition) is 1. The minimum absolute atomic E-state index is 0.0842. The smallest absolute Gasteiger partial charge is 0.255 e. The molecule has 136 valence electrons. The van der Waals surface area contributed by atoms with Crippen molar-refractivity contribution in [3.05, 3.63) is 65.2 Å². The van der Waals surface area contributed by atoms with Crippen molar-refractivity contribution in [2.45, 2.75) is 6.92 Å². The van der Waals surface area contributed by atoms with Gasteiger partial charge in [0, 0.05) is 43.0 Å². The molecule has 0 bridgehead atoms. The number of ketones is 1. The molecular weight excluding hydrogens is 326 g/mol. The zero-order valence-electron chi connectivity index (χ0n) is 15.4. The first-order valence-electron chi connectivity index (χ1n) is 8.93. The third-order valence-corrected chi connectivity index (χ3v) is 4.72. The highest BCUT2D eigenvalue weighted by Crippen LogP contribution is 2.14. The van der Waals surface area contributed by atoms with E-state index in [-0.39, 0.29) is 11.7 Å². The summed E-state index contributed by atoms with van der Waals surface area (Å²) in [4.78, 5) is 29.4. The second-order valence-corrected chi connectivity index (χ2v) is 6.90. The number of nitrogens with one attached hydrogen (secondary N) is 1. The molecule has 1 saturated heterocycles. The second kappa shape index (κ2) is 8.25. The van der Waals surface area contributed by atoms with Crippen LogP contribution in [0.2, 0.25) is 0 Å². The van der Waals surface area contributed by atoms with Gasteiger partial charge in [-0.15, -0.1) is 0 Å². The monoisotopic (exact) mass is 351 g/mol. The maximum Gasteiger partial charge on any atom is 0.255 e. The lowest BCUT2D eigenvalue weighted by Crippen LogP contribution is -2.46. The molecule has 0 radical (unpaired) electrons. The molecule has 3 rings (SSSR count). The summed E-state index contributed by atoms with van der Waals surface area (Å²) in [6.45, 7) is 6.19. The van der Waals surface area contributed by atoms with Crippen molar-refractivity contribution in [3.63, 3.8) is 0 Å². The molecule has 1 N–H and O–H groups in total. The third kappa shape index (κ3) is 4.77. The van der Waals surface area contributed by atoms with E-state index in [9.17, 15) is 9.59 Å². The van der Waals surface area contributed by atoms with Crippen molar-refractivity contribution in [2.75, 3.05) is 45.1 Å². The van der Waals surface area contributed by atoms with Crippen LogP contribution in [-0.4, -0.2) is 61.3 Å². The molecule has 0 unspecified atom stereocenters. The number of likely N-dealkylation sites (N-methyl/N-ethyl adjacent to an activating group) is 1. The number of nitrogens with zero attached hydrogens (tertiary/aromatic N) is 2. The van der Waals surface area contributed by atoms with Crippen molar-refractivity contribution >= 4 is 17.4 Å². The van der Waals surface area contributed by atoms with Crippen molar-refractivity contribution in [3.8, 4) is 0 Å². The predicted octanol–water partition coefficient (Wildman–Crippen LogP) is 2.68. The van der Waals surface area contributed by atoms with E-state index in [2.05, 4.69) is 22.2 Å². The fourth-order valence-corrected chi connectivity index (χ4v) is 2.98. The van der Waals surface area contributed by atoms with Gasteiger partial charge >= 0.3 is 0 Å². The first kappa shape index (κ1) is 18.3. The SMILES string of the molecule is Cc1ccc(C(=O)Nc2cccc(C(=O)CN3CCN(C)CC3)c2)cc1. The number of aryl methyl sites for hydroxylation is 1. The van der Waals surface area contributed by atoms with Crippen molar-refractivity contribution < 1.29 is 9.59 Å². The maximum atomic E-state index is 12.6. The Bertz CT molecular complexity index is 778. The van der Waals surface area contributed by atoms with Crippen molar-refractivity contribution in [1.29, 1.82) is 0 Å². The molecule has 0 saturated carbocycles. The summed E-state index contributed by atoms with van der Waals surface area (Å²) in [6.07, 6.45) is 0. The standard InChI is InChI=1S/C21H25N3O2/c1-16-6-8-17(9-7-16)21(26)22-19-5-3-4-18(14-19)20(25)15-24-12-10-23(2)11-13-24/h3-9,14H,10-13,15H2,1-2H3,(H,22,26). The topological polar surface area (TPSA) is 52.7 Å². The summed E-state index contributed by atoms with van der Waals surface area (Å²) in [5.41, 5.74) is 2.98. The first-order valence-corrected chi connectivity index (χ1v) is 8.93. The minimum atomic E-state index is -0.173. The van der Waals surface area contributed by atoms with Gasteiger partial charge in [-0.1, -0.05) is 29.8 Å². The highest BCUT2D eigenvalue weighted by Gasteiger charge is 2.17. The highest BCUT2D eigenvalue weighted by molar-refractivity contribution is 6.05. The molecule has 0 spiro atoms. The number of benzene rings is 2. The van der Waals surface area contributed by atoms with Gasteiger partial charge in [0.2, 0.25) is 0 Å². The number of amides is 1. The van der Waals surface area contributed by atoms with Gasteiger partial charge in [0.15, 0.2) is 5.78 Å². The zero-order valence-corrected chi connectivity index (χ0v) is 15.4. The minimum Gasteiger partial charge on any atom is -0.322 e. The Hall–Kier alpha value is -2.50. The summed E-state index contributed by atoms with van der Waals surface area (Å²) < 4.78 is 0. The Morgan fingerprint density at radius 3 is 2.35 bits per heavy atom. The number of carbonyl (C=O) groups is 2. The molecule has 0 atom stereocenters. The molecule has 1 amide bonds. The molecule has 1 fully saturated rings. The normalized spacial score (nSPS) is 15.6. The number of carbonyl (C=O) groups excluding carboxylic acids is 2. The molecule has 1 aliphatic rings. The van der Waals surface area contributed by atoms with E-state index in [1.54, 1.807) is 30.3 Å². The van der Waals surface area contributed by atoms with Crippen LogP contribution in [0.3, 0.4) is 0 Å². The predicted molar refractivity (Wildman–Crippen MR) is 104 cm³/mol. The Morgan fingerprint density at radius 2 is 1.65 bits per heavy atom. The molecule has 0 aromatic heterocycles. The van der Waals surface area contributed by atoms with Crippen LogP contribution in [-0.2, 0) is 0 Å². The van der Waals surface area contributed by atoms with E-state index in [1.807, 2.05) is 25.1 Å². The molecule has 2 aromatic rings. The van der Waals surface area contributed by atoms with Gasteiger partial charge in [0.05, 0.1) is 6.54 Å². The van der Waals surface area contributed by atoms with Gasteiger partial charge in [-0.05, 0) is 38.2 Å². The van der Waals surface area contributed by atoms with E-state index in [0.29, 0.717) is 23.4 Å². The van der Waals surface area contributed by atoms with Crippen LogP contribution in [0.4, 0.5) is 5.69 Å². The third-order valence-electron chi connectivity index (χ3n) is 4.72. The van der Waals surface area contributed by atoms with Gasteiger partial charge in [-0.3, -0.25) is 14.5 Å². The average molecular weight is 351 g/mol. The molecule has 26 heavy (non-hydrogen) atoms. The fourth-order valence-electron chi connectivity index (χ4n) is 2.98. The second-order valence-electron chi connectivity index (χ2n) is 6.90. The lowest BCUT2D eigenvalue weighted by molar-refractivity contribution is 0.0876. The van der Waals surface area contributed by atoms with E-state index >= 15 is 0 Å². The maximum absolute atomic E-state index is 12.6. The zero-order chi connectivity index (χ0) is 18.5. The van der Waals surface area contributed by atoms with Crippen molar-refractivity contribution in [2.24, 2.45) is 0 Å². The Kier molecular flexibility index (Phi) is 5.81. The lowest BCUT2D eigenvalue weighted by atomic mass is 10.1. The van der Waals surface area contributed by atoms with Crippen LogP contribution in [0.25, 0.3) is 0 Å². The molecule has 0 aliphatic carbocycles. The number of Topliss-reactive ketones (excluding diaryl/α,β-unsaturated/α-hetero) is 1. The molecule has 2 aromatic carbocycles. The summed E-state index contributed by atoms with van der Waals surface area (Å²) in [6, 6.07) is 14.6. The van der Waals surface area contributed by atoms with Gasteiger partial charge in [-0.2, -0.15) is 0 Å². The molecule has 1 heterocycles. The van der Waals surface area contributed by atoms with Crippen LogP contribution in [0.15, 0.2) is 48.5 Å². The van der Waals surface area contributed by atoms with E-state index in [1.165, 1.54) is 0 Å². The first-order chi connectivity index (χ1) is 12.5. The van der Waals surface area contributed by atoms with Crippen LogP contribution in [0.5, 0.6) is 0 Å². The molecule has 1 aliphatic heterocycles. The number of piperazine rings is 1. The largest absolute Gasteiger partial charge is 0.322 e. The lowest BCUT2D eigenvalue weighted by Gasteiger charge is -2.31. The number of hydrogen-bond acceptors (Lipinski definition) is 4. The van der Waals surface area contributed by atoms with E-state index in [4.69, 9.17) is 0 Å². The summed E-state index contributed by atoms with van der Waals surface area (Å²) >= 11 is 0. The molecule has 5 nitrogen and oxygen atoms in total. The van der Waals surface area contributed by atoms with Gasteiger partial charge < -0.3 is 10.2 Å². The van der Waals surface area contributed by atoms with E-state index in [0.717, 1.165) is 31.7 Å². The van der Waals surface area contributed by atoms with Gasteiger partial charge in [0.1, 0.15) is 0 Å². The van der Waals surface area contributed by atoms with Crippen molar-refractivity contribution in [1.82, 2.24) is 9.80 Å². The highest BCUT2D eigenvalue weighted by atomic mass is 16.1. The number of rotatable bonds is 5. The summed E-state index contributed by atoms with van der Waals surface area (Å²) in [5.74, 6) is -0.0883. The van der Waals surface area contributed by atoms with Crippen LogP contribution < -0.4 is 5.32 Å². The summed E-state index contributed by atoms with van der Waals surface area (Å²) in [7, 11) is 2.10. The van der Waals surface area contributed by atoms with Gasteiger partial charge in [-0.25, -0.2) is 0 Å². The molecule has 5 heteroatoms. The Morgan fingerprint density at radius 1 is 0.962 bits per heavy atom. The Labute approximate surface area is 154 Å². The molecular formula is C21H25N3O2. The van der Waals surface area contributed by atoms with Crippen LogP contribution in [0, 0.1) is 6.92 Å². The number of anilines is 1. The van der Waals surface area contributed by atoms with E-state index < -0.39 is 0 Å². The summed E-state index contributed by atoms with van der Waals surface area (Å²) in [5, 5.41) is 2.87. The van der Waals surface area contributed by atoms with Crippen LogP contribution in [0.1, 0.15) is 26.3 Å². The Balaban J connectivity index is 1.63. The average Bonchev–Trinajstić information content (AvgIpc) is 2.64. The van der Waals surface area contributed by atoms with Gasteiger partial charge in [0.25, 0.3) is 5.91 Å².